The van der Waals surface area contributed by atoms with Crippen molar-refractivity contribution in [1.82, 2.24) is 9.80 Å². The summed E-state index contributed by atoms with van der Waals surface area (Å²) in [6.07, 6.45) is 1.81. The average molecular weight is 182 g/mol. The first kappa shape index (κ1) is 8.53. The number of carbonyl (C=O) groups excluding carboxylic acids is 2. The van der Waals surface area contributed by atoms with E-state index in [0.29, 0.717) is 0 Å². The van der Waals surface area contributed by atoms with Crippen LogP contribution in [-0.4, -0.2) is 40.4 Å². The molecule has 1 atom stereocenters. The standard InChI is InChI=1S/C9H14N2O2/c1-6(2)11-8(12)7-4-3-5-10(7)9(11)13/h6-7H,3-5H2,1-2H3. The molecule has 0 spiro atoms. The monoisotopic (exact) mass is 182 g/mol. The van der Waals surface area contributed by atoms with Gasteiger partial charge in [0.2, 0.25) is 0 Å². The van der Waals surface area contributed by atoms with Gasteiger partial charge in [-0.1, -0.05) is 0 Å². The number of hydrogen-bond acceptors (Lipinski definition) is 2. The molecule has 0 saturated carbocycles. The molecule has 2 fully saturated rings. The van der Waals surface area contributed by atoms with Crippen molar-refractivity contribution in [3.8, 4) is 0 Å². The minimum absolute atomic E-state index is 0.00231. The Morgan fingerprint density at radius 2 is 2.08 bits per heavy atom. The third-order valence-corrected chi connectivity index (χ3v) is 2.74. The Hall–Kier alpha value is -1.06. The number of amides is 3. The molecule has 2 saturated heterocycles. The lowest BCUT2D eigenvalue weighted by atomic mass is 10.2. The van der Waals surface area contributed by atoms with Crippen molar-refractivity contribution in [3.63, 3.8) is 0 Å². The first-order valence-electron chi connectivity index (χ1n) is 4.76. The van der Waals surface area contributed by atoms with E-state index in [9.17, 15) is 9.59 Å². The normalized spacial score (nSPS) is 27.8. The summed E-state index contributed by atoms with van der Waals surface area (Å²) < 4.78 is 0. The lowest BCUT2D eigenvalue weighted by molar-refractivity contribution is -0.129. The minimum atomic E-state index is -0.144. The van der Waals surface area contributed by atoms with E-state index in [2.05, 4.69) is 0 Å². The van der Waals surface area contributed by atoms with Crippen LogP contribution in [0.3, 0.4) is 0 Å². The molecule has 0 N–H and O–H groups in total. The van der Waals surface area contributed by atoms with Gasteiger partial charge in [-0.2, -0.15) is 0 Å². The van der Waals surface area contributed by atoms with E-state index in [1.165, 1.54) is 4.90 Å². The van der Waals surface area contributed by atoms with E-state index in [4.69, 9.17) is 0 Å². The van der Waals surface area contributed by atoms with Crippen molar-refractivity contribution < 1.29 is 9.59 Å². The van der Waals surface area contributed by atoms with Crippen LogP contribution in [0.4, 0.5) is 4.79 Å². The molecule has 2 heterocycles. The van der Waals surface area contributed by atoms with Crippen molar-refractivity contribution in [2.45, 2.75) is 38.8 Å². The van der Waals surface area contributed by atoms with Gasteiger partial charge in [0.25, 0.3) is 5.91 Å². The van der Waals surface area contributed by atoms with Crippen LogP contribution in [0, 0.1) is 0 Å². The number of imide groups is 1. The molecule has 2 aliphatic rings. The summed E-state index contributed by atoms with van der Waals surface area (Å²) >= 11 is 0. The quantitative estimate of drug-likeness (QED) is 0.563. The zero-order valence-electron chi connectivity index (χ0n) is 7.99. The van der Waals surface area contributed by atoms with Crippen LogP contribution in [0.5, 0.6) is 0 Å². The maximum absolute atomic E-state index is 11.7. The van der Waals surface area contributed by atoms with Gasteiger partial charge in [0.15, 0.2) is 0 Å². The first-order valence-corrected chi connectivity index (χ1v) is 4.76. The molecule has 13 heavy (non-hydrogen) atoms. The molecule has 0 aromatic rings. The predicted molar refractivity (Wildman–Crippen MR) is 47.1 cm³/mol. The summed E-state index contributed by atoms with van der Waals surface area (Å²) in [6.45, 7) is 4.49. The fraction of sp³-hybridized carbons (Fsp3) is 0.778. The Morgan fingerprint density at radius 3 is 2.62 bits per heavy atom. The van der Waals surface area contributed by atoms with Crippen LogP contribution in [0.2, 0.25) is 0 Å². The van der Waals surface area contributed by atoms with Crippen LogP contribution in [-0.2, 0) is 4.79 Å². The van der Waals surface area contributed by atoms with E-state index in [1.807, 2.05) is 13.8 Å². The molecule has 0 aromatic carbocycles. The summed E-state index contributed by atoms with van der Waals surface area (Å²) in [5.41, 5.74) is 0. The molecule has 0 bridgehead atoms. The SMILES string of the molecule is CC(C)N1C(=O)C2CCCN2C1=O. The number of rotatable bonds is 1. The zero-order valence-corrected chi connectivity index (χ0v) is 7.99. The van der Waals surface area contributed by atoms with E-state index in [1.54, 1.807) is 4.90 Å². The predicted octanol–water partition coefficient (Wildman–Crippen LogP) is 0.821. The van der Waals surface area contributed by atoms with Crippen LogP contribution < -0.4 is 0 Å². The Morgan fingerprint density at radius 1 is 1.38 bits per heavy atom. The van der Waals surface area contributed by atoms with Gasteiger partial charge in [0.05, 0.1) is 0 Å². The Balaban J connectivity index is 2.26. The van der Waals surface area contributed by atoms with Crippen molar-refractivity contribution in [2.75, 3.05) is 6.54 Å². The second-order valence-electron chi connectivity index (χ2n) is 3.94. The fourth-order valence-electron chi connectivity index (χ4n) is 2.12. The largest absolute Gasteiger partial charge is 0.327 e. The fourth-order valence-corrected chi connectivity index (χ4v) is 2.12. The highest BCUT2D eigenvalue weighted by molar-refractivity contribution is 6.04. The summed E-state index contributed by atoms with van der Waals surface area (Å²) in [6, 6.07) is -0.247. The van der Waals surface area contributed by atoms with Crippen molar-refractivity contribution in [2.24, 2.45) is 0 Å². The molecule has 0 aromatic heterocycles. The number of fused-ring (bicyclic) bond motifs is 1. The van der Waals surface area contributed by atoms with Crippen LogP contribution in [0.1, 0.15) is 26.7 Å². The number of urea groups is 1. The van der Waals surface area contributed by atoms with Crippen LogP contribution in [0.15, 0.2) is 0 Å². The molecule has 2 rings (SSSR count). The molecular weight excluding hydrogens is 168 g/mol. The van der Waals surface area contributed by atoms with E-state index in [0.717, 1.165) is 19.4 Å². The summed E-state index contributed by atoms with van der Waals surface area (Å²) in [4.78, 5) is 26.4. The van der Waals surface area contributed by atoms with Crippen molar-refractivity contribution in [1.29, 1.82) is 0 Å². The van der Waals surface area contributed by atoms with Crippen LogP contribution in [0.25, 0.3) is 0 Å². The summed E-state index contributed by atoms with van der Waals surface area (Å²) in [7, 11) is 0. The van der Waals surface area contributed by atoms with Crippen molar-refractivity contribution in [3.05, 3.63) is 0 Å². The van der Waals surface area contributed by atoms with E-state index in [-0.39, 0.29) is 24.0 Å². The number of carbonyl (C=O) groups is 2. The van der Waals surface area contributed by atoms with Gasteiger partial charge in [0, 0.05) is 12.6 Å². The maximum atomic E-state index is 11.7. The Labute approximate surface area is 77.5 Å². The van der Waals surface area contributed by atoms with Gasteiger partial charge in [0.1, 0.15) is 6.04 Å². The third-order valence-electron chi connectivity index (χ3n) is 2.74. The molecule has 4 nitrogen and oxygen atoms in total. The van der Waals surface area contributed by atoms with Gasteiger partial charge in [-0.25, -0.2) is 4.79 Å². The highest BCUT2D eigenvalue weighted by Gasteiger charge is 2.47. The maximum Gasteiger partial charge on any atom is 0.327 e. The van der Waals surface area contributed by atoms with Crippen LogP contribution >= 0.6 is 0 Å². The van der Waals surface area contributed by atoms with E-state index >= 15 is 0 Å². The highest BCUT2D eigenvalue weighted by atomic mass is 16.2. The second kappa shape index (κ2) is 2.72. The van der Waals surface area contributed by atoms with Gasteiger partial charge in [-0.15, -0.1) is 0 Å². The Kier molecular flexibility index (Phi) is 1.78. The minimum Gasteiger partial charge on any atom is -0.312 e. The summed E-state index contributed by atoms with van der Waals surface area (Å²) in [5.74, 6) is -0.00231. The average Bonchev–Trinajstić information content (AvgIpc) is 2.56. The van der Waals surface area contributed by atoms with Gasteiger partial charge >= 0.3 is 6.03 Å². The second-order valence-corrected chi connectivity index (χ2v) is 3.94. The highest BCUT2D eigenvalue weighted by Crippen LogP contribution is 2.28. The molecule has 0 radical (unpaired) electrons. The smallest absolute Gasteiger partial charge is 0.312 e. The summed E-state index contributed by atoms with van der Waals surface area (Å²) in [5, 5.41) is 0. The van der Waals surface area contributed by atoms with Gasteiger partial charge in [-0.3, -0.25) is 9.69 Å². The third kappa shape index (κ3) is 1.04. The molecule has 1 unspecified atom stereocenters. The molecular formula is C9H14N2O2. The molecule has 0 aliphatic carbocycles. The molecule has 4 heteroatoms. The lowest BCUT2D eigenvalue weighted by Crippen LogP contribution is -2.38. The van der Waals surface area contributed by atoms with Crippen molar-refractivity contribution >= 4 is 11.9 Å². The Bertz CT molecular complexity index is 240. The molecule has 72 valence electrons. The van der Waals surface area contributed by atoms with Gasteiger partial charge < -0.3 is 4.90 Å². The number of nitrogens with zero attached hydrogens (tertiary/aromatic N) is 2. The number of hydrogen-bond donors (Lipinski definition) is 0. The molecule has 3 amide bonds. The van der Waals surface area contributed by atoms with E-state index < -0.39 is 0 Å². The first-order chi connectivity index (χ1) is 6.13. The lowest BCUT2D eigenvalue weighted by Gasteiger charge is -2.18. The van der Waals surface area contributed by atoms with Gasteiger partial charge in [-0.05, 0) is 26.7 Å². The zero-order chi connectivity index (χ0) is 9.59. The topological polar surface area (TPSA) is 40.6 Å². The molecule has 2 aliphatic heterocycles.